The van der Waals surface area contributed by atoms with Crippen LogP contribution in [-0.2, 0) is 6.54 Å². The van der Waals surface area contributed by atoms with Gasteiger partial charge in [0.25, 0.3) is 5.91 Å². The number of hydrogen-bond acceptors (Lipinski definition) is 6. The Hall–Kier alpha value is -4.34. The van der Waals surface area contributed by atoms with E-state index >= 15 is 0 Å². The maximum absolute atomic E-state index is 13.5. The van der Waals surface area contributed by atoms with Gasteiger partial charge in [-0.15, -0.1) is 0 Å². The Morgan fingerprint density at radius 1 is 1.06 bits per heavy atom. The van der Waals surface area contributed by atoms with Gasteiger partial charge < -0.3 is 10.5 Å². The molecule has 0 aliphatic carbocycles. The Balaban J connectivity index is 1.89. The van der Waals surface area contributed by atoms with Gasteiger partial charge in [0.05, 0.1) is 18.8 Å². The molecule has 10 heteroatoms. The monoisotopic (exact) mass is 449 g/mol. The number of rotatable bonds is 7. The van der Waals surface area contributed by atoms with Crippen molar-refractivity contribution in [2.24, 2.45) is 5.73 Å². The van der Waals surface area contributed by atoms with Gasteiger partial charge in [0, 0.05) is 5.56 Å². The lowest BCUT2D eigenvalue weighted by Crippen LogP contribution is -2.27. The molecule has 9 nitrogen and oxygen atoms in total. The summed E-state index contributed by atoms with van der Waals surface area (Å²) in [6, 6.07) is 11.7. The predicted octanol–water partition coefficient (Wildman–Crippen LogP) is 2.41. The molecule has 2 aromatic carbocycles. The average Bonchev–Trinajstić information content (AvgIpc) is 3.05. The summed E-state index contributed by atoms with van der Waals surface area (Å²) in [4.78, 5) is 46.9. The Morgan fingerprint density at radius 2 is 1.73 bits per heavy atom. The molecule has 2 heterocycles. The number of halogens is 1. The summed E-state index contributed by atoms with van der Waals surface area (Å²) in [5, 5.41) is 0. The van der Waals surface area contributed by atoms with Gasteiger partial charge in [0.1, 0.15) is 22.9 Å². The molecule has 0 saturated heterocycles. The minimum absolute atomic E-state index is 0.0294. The number of hydrogen-bond donors (Lipinski definition) is 1. The normalized spacial score (nSPS) is 11.0. The number of amides is 1. The standard InChI is InChI=1S/C23H20FN5O4/c1-3-33-17-10-4-14(5-11-17)18(30)12-28-20-19(21(25)31)26-13(2)27-22(20)29(23(28)32)16-8-6-15(24)7-9-16/h4-11H,3,12H2,1-2H3,(H2,25,31). The number of carbonyl (C=O) groups excluding carboxylic acids is 2. The lowest BCUT2D eigenvalue weighted by Gasteiger charge is -2.07. The summed E-state index contributed by atoms with van der Waals surface area (Å²) < 4.78 is 21.1. The maximum atomic E-state index is 13.5. The number of aryl methyl sites for hydroxylation is 1. The van der Waals surface area contributed by atoms with Crippen LogP contribution < -0.4 is 16.2 Å². The van der Waals surface area contributed by atoms with Crippen molar-refractivity contribution in [3.63, 3.8) is 0 Å². The van der Waals surface area contributed by atoms with E-state index in [0.717, 1.165) is 4.57 Å². The Bertz CT molecular complexity index is 1420. The fourth-order valence-electron chi connectivity index (χ4n) is 3.54. The van der Waals surface area contributed by atoms with Crippen LogP contribution in [-0.4, -0.2) is 37.4 Å². The Morgan fingerprint density at radius 3 is 2.33 bits per heavy atom. The van der Waals surface area contributed by atoms with E-state index in [1.165, 1.54) is 28.8 Å². The molecule has 4 rings (SSSR count). The van der Waals surface area contributed by atoms with E-state index in [-0.39, 0.29) is 35.0 Å². The summed E-state index contributed by atoms with van der Waals surface area (Å²) in [5.41, 5.74) is 5.48. The van der Waals surface area contributed by atoms with E-state index in [1.54, 1.807) is 31.2 Å². The number of aromatic nitrogens is 4. The van der Waals surface area contributed by atoms with Crippen molar-refractivity contribution in [1.29, 1.82) is 0 Å². The molecule has 0 aliphatic heterocycles. The molecule has 0 bridgehead atoms. The number of primary amides is 1. The second-order valence-electron chi connectivity index (χ2n) is 7.22. The summed E-state index contributed by atoms with van der Waals surface area (Å²) in [6.45, 7) is 3.50. The van der Waals surface area contributed by atoms with Gasteiger partial charge in [-0.25, -0.2) is 23.7 Å². The molecule has 0 aliphatic rings. The fraction of sp³-hybridized carbons (Fsp3) is 0.174. The molecule has 0 atom stereocenters. The van der Waals surface area contributed by atoms with Gasteiger partial charge in [-0.05, 0) is 62.4 Å². The van der Waals surface area contributed by atoms with E-state index in [1.807, 2.05) is 6.92 Å². The number of nitrogens with zero attached hydrogens (tertiary/aromatic N) is 4. The summed E-state index contributed by atoms with van der Waals surface area (Å²) in [5.74, 6) is -0.913. The number of Topliss-reactive ketones (excluding diaryl/α,β-unsaturated/α-hetero) is 1. The van der Waals surface area contributed by atoms with Crippen LogP contribution in [0, 0.1) is 12.7 Å². The highest BCUT2D eigenvalue weighted by Crippen LogP contribution is 2.20. The second kappa shape index (κ2) is 8.65. The molecular formula is C23H20FN5O4. The van der Waals surface area contributed by atoms with Gasteiger partial charge in [-0.1, -0.05) is 0 Å². The first-order valence-electron chi connectivity index (χ1n) is 10.1. The van der Waals surface area contributed by atoms with Crippen molar-refractivity contribution in [1.82, 2.24) is 19.1 Å². The minimum Gasteiger partial charge on any atom is -0.494 e. The van der Waals surface area contributed by atoms with E-state index < -0.39 is 17.4 Å². The summed E-state index contributed by atoms with van der Waals surface area (Å²) >= 11 is 0. The number of imidazole rings is 1. The summed E-state index contributed by atoms with van der Waals surface area (Å²) in [7, 11) is 0. The highest BCUT2D eigenvalue weighted by Gasteiger charge is 2.24. The van der Waals surface area contributed by atoms with E-state index in [9.17, 15) is 18.8 Å². The predicted molar refractivity (Wildman–Crippen MR) is 118 cm³/mol. The highest BCUT2D eigenvalue weighted by atomic mass is 19.1. The Labute approximate surface area is 187 Å². The topological polar surface area (TPSA) is 122 Å². The molecule has 168 valence electrons. The first-order valence-corrected chi connectivity index (χ1v) is 10.1. The van der Waals surface area contributed by atoms with Gasteiger partial charge in [0.2, 0.25) is 0 Å². The SMILES string of the molecule is CCOc1ccc(C(=O)Cn2c(=O)n(-c3ccc(F)cc3)c3nc(C)nc(C(N)=O)c32)cc1. The zero-order chi connectivity index (χ0) is 23.7. The second-order valence-corrected chi connectivity index (χ2v) is 7.22. The largest absolute Gasteiger partial charge is 0.494 e. The zero-order valence-corrected chi connectivity index (χ0v) is 17.9. The van der Waals surface area contributed by atoms with Crippen LogP contribution in [0.5, 0.6) is 5.75 Å². The Kier molecular flexibility index (Phi) is 5.74. The van der Waals surface area contributed by atoms with E-state index in [2.05, 4.69) is 9.97 Å². The van der Waals surface area contributed by atoms with Crippen molar-refractivity contribution in [3.8, 4) is 11.4 Å². The number of ether oxygens (including phenoxy) is 1. The molecule has 0 fully saturated rings. The van der Waals surface area contributed by atoms with Crippen molar-refractivity contribution in [2.45, 2.75) is 20.4 Å². The van der Waals surface area contributed by atoms with Gasteiger partial charge in [-0.3, -0.25) is 14.2 Å². The molecule has 0 spiro atoms. The third-order valence-electron chi connectivity index (χ3n) is 4.99. The third kappa shape index (κ3) is 4.10. The van der Waals surface area contributed by atoms with Crippen LogP contribution >= 0.6 is 0 Å². The first kappa shape index (κ1) is 21.9. The smallest absolute Gasteiger partial charge is 0.335 e. The third-order valence-corrected chi connectivity index (χ3v) is 4.99. The molecule has 1 amide bonds. The van der Waals surface area contributed by atoms with Gasteiger partial charge in [-0.2, -0.15) is 0 Å². The molecule has 33 heavy (non-hydrogen) atoms. The maximum Gasteiger partial charge on any atom is 0.335 e. The number of ketones is 1. The fourth-order valence-corrected chi connectivity index (χ4v) is 3.54. The van der Waals surface area contributed by atoms with Crippen molar-refractivity contribution in [2.75, 3.05) is 6.61 Å². The van der Waals surface area contributed by atoms with Crippen LogP contribution in [0.3, 0.4) is 0 Å². The zero-order valence-electron chi connectivity index (χ0n) is 17.9. The number of carbonyl (C=O) groups is 2. The van der Waals surface area contributed by atoms with Crippen LogP contribution in [0.2, 0.25) is 0 Å². The average molecular weight is 449 g/mol. The molecular weight excluding hydrogens is 429 g/mol. The first-order chi connectivity index (χ1) is 15.8. The number of benzene rings is 2. The molecule has 2 aromatic heterocycles. The molecule has 0 saturated carbocycles. The van der Waals surface area contributed by atoms with E-state index in [4.69, 9.17) is 10.5 Å². The van der Waals surface area contributed by atoms with Gasteiger partial charge >= 0.3 is 5.69 Å². The number of nitrogens with two attached hydrogens (primary N) is 1. The lowest BCUT2D eigenvalue weighted by molar-refractivity contribution is 0.0966. The van der Waals surface area contributed by atoms with Crippen molar-refractivity contribution in [3.05, 3.63) is 81.9 Å². The lowest BCUT2D eigenvalue weighted by atomic mass is 10.1. The molecule has 0 radical (unpaired) electrons. The summed E-state index contributed by atoms with van der Waals surface area (Å²) in [6.07, 6.45) is 0. The van der Waals surface area contributed by atoms with Crippen molar-refractivity contribution < 1.29 is 18.7 Å². The molecule has 4 aromatic rings. The number of fused-ring (bicyclic) bond motifs is 1. The highest BCUT2D eigenvalue weighted by molar-refractivity contribution is 6.03. The quantitative estimate of drug-likeness (QED) is 0.433. The van der Waals surface area contributed by atoms with Crippen LogP contribution in [0.25, 0.3) is 16.9 Å². The van der Waals surface area contributed by atoms with Gasteiger partial charge in [0.15, 0.2) is 17.1 Å². The van der Waals surface area contributed by atoms with Crippen LogP contribution in [0.15, 0.2) is 53.3 Å². The van der Waals surface area contributed by atoms with E-state index in [0.29, 0.717) is 23.6 Å². The van der Waals surface area contributed by atoms with Crippen LogP contribution in [0.1, 0.15) is 33.6 Å². The van der Waals surface area contributed by atoms with Crippen molar-refractivity contribution >= 4 is 22.9 Å². The molecule has 2 N–H and O–H groups in total. The molecule has 0 unspecified atom stereocenters. The van der Waals surface area contributed by atoms with Crippen LogP contribution in [0.4, 0.5) is 4.39 Å². The minimum atomic E-state index is -0.871.